The van der Waals surface area contributed by atoms with Crippen LogP contribution in [0.4, 0.5) is 11.5 Å². The molecular formula is C14H17Cl2N7. The summed E-state index contributed by atoms with van der Waals surface area (Å²) in [5.74, 6) is 0.634. The molecule has 0 atom stereocenters. The highest BCUT2D eigenvalue weighted by molar-refractivity contribution is 6.30. The van der Waals surface area contributed by atoms with Crippen LogP contribution in [0.25, 0.3) is 11.2 Å². The lowest BCUT2D eigenvalue weighted by atomic mass is 10.2. The molecule has 122 valence electrons. The molecule has 0 amide bonds. The molecule has 3 heterocycles. The highest BCUT2D eigenvalue weighted by Crippen LogP contribution is 2.22. The van der Waals surface area contributed by atoms with Crippen molar-refractivity contribution in [3.05, 3.63) is 33.6 Å². The number of anilines is 2. The molecular weight excluding hydrogens is 337 g/mol. The summed E-state index contributed by atoms with van der Waals surface area (Å²) in [6, 6.07) is 3.51. The number of aryl methyl sites for hydroxylation is 3. The van der Waals surface area contributed by atoms with Crippen molar-refractivity contribution in [3.8, 4) is 0 Å². The molecule has 0 saturated heterocycles. The normalized spacial score (nSPS) is 10.3. The lowest BCUT2D eigenvalue weighted by Gasteiger charge is -2.06. The Hall–Kier alpha value is -2.12. The summed E-state index contributed by atoms with van der Waals surface area (Å²) in [4.78, 5) is 8.08. The molecule has 0 saturated carbocycles. The smallest absolute Gasteiger partial charge is 0.179 e. The second kappa shape index (κ2) is 6.97. The molecule has 3 rings (SSSR count). The van der Waals surface area contributed by atoms with Crippen molar-refractivity contribution in [2.75, 3.05) is 18.1 Å². The zero-order valence-electron chi connectivity index (χ0n) is 13.2. The maximum atomic E-state index is 5.77. The molecule has 0 spiro atoms. The first kappa shape index (κ1) is 17.2. The van der Waals surface area contributed by atoms with Gasteiger partial charge in [-0.25, -0.2) is 14.6 Å². The van der Waals surface area contributed by atoms with Crippen molar-refractivity contribution >= 4 is 45.9 Å². The van der Waals surface area contributed by atoms with Gasteiger partial charge in [0.2, 0.25) is 0 Å². The predicted molar refractivity (Wildman–Crippen MR) is 94.0 cm³/mol. The number of hydrogen-bond acceptors (Lipinski definition) is 6. The third kappa shape index (κ3) is 3.80. The van der Waals surface area contributed by atoms with E-state index in [9.17, 15) is 0 Å². The van der Waals surface area contributed by atoms with Gasteiger partial charge in [-0.15, -0.1) is 5.10 Å². The molecule has 0 aliphatic heterocycles. The monoisotopic (exact) mass is 353 g/mol. The quantitative estimate of drug-likeness (QED) is 0.653. The van der Waals surface area contributed by atoms with Gasteiger partial charge in [-0.1, -0.05) is 28.4 Å². The van der Waals surface area contributed by atoms with Gasteiger partial charge in [-0.2, -0.15) is 0 Å². The maximum absolute atomic E-state index is 5.77. The Morgan fingerprint density at radius 1 is 1.09 bits per heavy atom. The minimum Gasteiger partial charge on any atom is -0.396 e. The van der Waals surface area contributed by atoms with E-state index >= 15 is 0 Å². The average molecular weight is 354 g/mol. The molecule has 3 aromatic heterocycles. The minimum atomic E-state index is 0.459. The topological polar surface area (TPSA) is 94.5 Å². The van der Waals surface area contributed by atoms with Gasteiger partial charge in [0, 0.05) is 14.1 Å². The van der Waals surface area contributed by atoms with Crippen molar-refractivity contribution in [3.63, 3.8) is 0 Å². The second-order valence-electron chi connectivity index (χ2n) is 4.92. The molecule has 0 radical (unpaired) electrons. The summed E-state index contributed by atoms with van der Waals surface area (Å²) in [7, 11) is 3.55. The van der Waals surface area contributed by atoms with E-state index in [1.165, 1.54) is 0 Å². The number of nitrogen functional groups attached to an aromatic ring is 1. The Morgan fingerprint density at radius 2 is 1.70 bits per heavy atom. The first-order chi connectivity index (χ1) is 10.8. The Morgan fingerprint density at radius 3 is 2.35 bits per heavy atom. The molecule has 23 heavy (non-hydrogen) atoms. The van der Waals surface area contributed by atoms with Crippen LogP contribution in [0.15, 0.2) is 12.1 Å². The Bertz CT molecular complexity index is 845. The number of rotatable bonds is 1. The van der Waals surface area contributed by atoms with Crippen molar-refractivity contribution < 1.29 is 0 Å². The van der Waals surface area contributed by atoms with E-state index in [0.717, 1.165) is 22.3 Å². The highest BCUT2D eigenvalue weighted by atomic mass is 35.5. The van der Waals surface area contributed by atoms with Crippen LogP contribution in [0.5, 0.6) is 0 Å². The summed E-state index contributed by atoms with van der Waals surface area (Å²) in [6.45, 7) is 3.83. The highest BCUT2D eigenvalue weighted by Gasteiger charge is 2.06. The van der Waals surface area contributed by atoms with Crippen molar-refractivity contribution in [1.82, 2.24) is 25.0 Å². The number of nitrogens with zero attached hydrogens (tertiary/aromatic N) is 5. The molecule has 0 fully saturated rings. The van der Waals surface area contributed by atoms with E-state index in [0.29, 0.717) is 21.8 Å². The fourth-order valence-corrected chi connectivity index (χ4v) is 2.44. The Labute approximate surface area is 143 Å². The number of hydrogen-bond donors (Lipinski definition) is 2. The number of nitrogens with one attached hydrogen (secondary N) is 1. The minimum absolute atomic E-state index is 0.459. The van der Waals surface area contributed by atoms with E-state index in [4.69, 9.17) is 28.9 Å². The Kier molecular flexibility index (Phi) is 5.23. The summed E-state index contributed by atoms with van der Waals surface area (Å²) in [5, 5.41) is 11.6. The molecule has 9 heteroatoms. The SMILES string of the molecule is CNc1nc(Cl)cc(C)c1N.Cc1cc(Cl)nc2c1nnn2C. The van der Waals surface area contributed by atoms with Crippen LogP contribution < -0.4 is 11.1 Å². The number of fused-ring (bicyclic) bond motifs is 1. The average Bonchev–Trinajstić information content (AvgIpc) is 2.85. The van der Waals surface area contributed by atoms with E-state index in [2.05, 4.69) is 25.6 Å². The van der Waals surface area contributed by atoms with E-state index < -0.39 is 0 Å². The van der Waals surface area contributed by atoms with Crippen LogP contribution in [0.1, 0.15) is 11.1 Å². The van der Waals surface area contributed by atoms with Crippen LogP contribution >= 0.6 is 23.2 Å². The largest absolute Gasteiger partial charge is 0.396 e. The van der Waals surface area contributed by atoms with Crippen LogP contribution in [-0.4, -0.2) is 32.0 Å². The van der Waals surface area contributed by atoms with Crippen molar-refractivity contribution in [1.29, 1.82) is 0 Å². The van der Waals surface area contributed by atoms with E-state index in [-0.39, 0.29) is 0 Å². The number of pyridine rings is 2. The van der Waals surface area contributed by atoms with Gasteiger partial charge in [-0.05, 0) is 37.1 Å². The van der Waals surface area contributed by atoms with Crippen LogP contribution in [0.2, 0.25) is 10.3 Å². The molecule has 0 aromatic carbocycles. The van der Waals surface area contributed by atoms with Gasteiger partial charge in [-0.3, -0.25) is 0 Å². The number of halogens is 2. The van der Waals surface area contributed by atoms with Gasteiger partial charge in [0.15, 0.2) is 11.5 Å². The zero-order valence-corrected chi connectivity index (χ0v) is 14.7. The van der Waals surface area contributed by atoms with Gasteiger partial charge in [0.25, 0.3) is 0 Å². The molecule has 3 N–H and O–H groups in total. The zero-order chi connectivity index (χ0) is 17.1. The van der Waals surface area contributed by atoms with E-state index in [1.807, 2.05) is 13.8 Å². The maximum Gasteiger partial charge on any atom is 0.179 e. The fourth-order valence-electron chi connectivity index (χ4n) is 1.95. The van der Waals surface area contributed by atoms with Gasteiger partial charge >= 0.3 is 0 Å². The molecule has 0 unspecified atom stereocenters. The van der Waals surface area contributed by atoms with Gasteiger partial charge in [0.1, 0.15) is 15.8 Å². The third-order valence-corrected chi connectivity index (χ3v) is 3.58. The molecule has 0 aliphatic rings. The second-order valence-corrected chi connectivity index (χ2v) is 5.70. The van der Waals surface area contributed by atoms with Crippen LogP contribution in [0.3, 0.4) is 0 Å². The lowest BCUT2D eigenvalue weighted by molar-refractivity contribution is 0.730. The summed E-state index contributed by atoms with van der Waals surface area (Å²) < 4.78 is 1.61. The molecule has 7 nitrogen and oxygen atoms in total. The summed E-state index contributed by atoms with van der Waals surface area (Å²) in [5.41, 5.74) is 9.80. The van der Waals surface area contributed by atoms with Crippen LogP contribution in [0, 0.1) is 13.8 Å². The van der Waals surface area contributed by atoms with E-state index in [1.54, 1.807) is 30.9 Å². The molecule has 0 aliphatic carbocycles. The molecule has 0 bridgehead atoms. The third-order valence-electron chi connectivity index (χ3n) is 3.19. The van der Waals surface area contributed by atoms with Crippen molar-refractivity contribution in [2.45, 2.75) is 13.8 Å². The Balaban J connectivity index is 0.000000168. The number of nitrogens with two attached hydrogens (primary N) is 1. The predicted octanol–water partition coefficient (Wildman–Crippen LogP) is 2.99. The van der Waals surface area contributed by atoms with Crippen molar-refractivity contribution in [2.24, 2.45) is 7.05 Å². The number of aromatic nitrogens is 5. The van der Waals surface area contributed by atoms with Crippen LogP contribution in [-0.2, 0) is 7.05 Å². The summed E-state index contributed by atoms with van der Waals surface area (Å²) in [6.07, 6.45) is 0. The first-order valence-corrected chi connectivity index (χ1v) is 7.52. The lowest BCUT2D eigenvalue weighted by Crippen LogP contribution is -2.00. The fraction of sp³-hybridized carbons (Fsp3) is 0.286. The van der Waals surface area contributed by atoms with Gasteiger partial charge in [0.05, 0.1) is 5.69 Å². The summed E-state index contributed by atoms with van der Waals surface area (Å²) >= 11 is 11.5. The standard InChI is InChI=1S/C7H7ClN4.C7H10ClN3/c1-4-3-5(8)9-7-6(4)10-11-12(7)2;1-4-3-5(8)11-7(10-2)6(4)9/h3H,1-2H3;3H,9H2,1-2H3,(H,10,11). The first-order valence-electron chi connectivity index (χ1n) is 6.76. The molecule has 3 aromatic rings. The van der Waals surface area contributed by atoms with Gasteiger partial charge < -0.3 is 11.1 Å².